The summed E-state index contributed by atoms with van der Waals surface area (Å²) in [5.74, 6) is -0.600. The number of benzene rings is 1. The number of carbonyl (C=O) groups excluding carboxylic acids is 2. The van der Waals surface area contributed by atoms with Gasteiger partial charge in [-0.2, -0.15) is 0 Å². The van der Waals surface area contributed by atoms with Crippen molar-refractivity contribution in [2.24, 2.45) is 0 Å². The first-order chi connectivity index (χ1) is 12.5. The first-order valence-corrected chi connectivity index (χ1v) is 9.37. The molecule has 0 aliphatic rings. The van der Waals surface area contributed by atoms with Gasteiger partial charge in [0.05, 0.1) is 17.8 Å². The van der Waals surface area contributed by atoms with E-state index in [-0.39, 0.29) is 17.7 Å². The Balaban J connectivity index is 1.79. The number of ether oxygens (including phenoxy) is 1. The number of rotatable bonds is 9. The van der Waals surface area contributed by atoms with E-state index in [9.17, 15) is 14.0 Å². The third kappa shape index (κ3) is 6.22. The average molecular weight is 378 g/mol. The van der Waals surface area contributed by atoms with E-state index in [2.05, 4.69) is 15.0 Å². The highest BCUT2D eigenvalue weighted by Gasteiger charge is 2.15. The standard InChI is InChI=1S/C19H23FN2O3S/c1-13-18(19(24)21-11-5-3-4-6-17(23)25-2)26-16(22-13)12-14-7-9-15(20)10-8-14/h7-10H,3-6,11-12H2,1-2H3,(H,21,24). The summed E-state index contributed by atoms with van der Waals surface area (Å²) in [6.45, 7) is 2.38. The molecule has 1 N–H and O–H groups in total. The zero-order chi connectivity index (χ0) is 18.9. The molecule has 0 aliphatic heterocycles. The normalized spacial score (nSPS) is 10.6. The number of methoxy groups -OCH3 is 1. The van der Waals surface area contributed by atoms with E-state index in [1.54, 1.807) is 12.1 Å². The van der Waals surface area contributed by atoms with Crippen LogP contribution in [0.4, 0.5) is 4.39 Å². The molecule has 0 fully saturated rings. The van der Waals surface area contributed by atoms with Crippen molar-refractivity contribution < 1.29 is 18.7 Å². The summed E-state index contributed by atoms with van der Waals surface area (Å²) >= 11 is 1.36. The fraction of sp³-hybridized carbons (Fsp3) is 0.421. The summed E-state index contributed by atoms with van der Waals surface area (Å²) in [5, 5.41) is 3.72. The molecule has 7 heteroatoms. The molecule has 1 aromatic carbocycles. The van der Waals surface area contributed by atoms with Gasteiger partial charge in [0.25, 0.3) is 5.91 Å². The lowest BCUT2D eigenvalue weighted by molar-refractivity contribution is -0.140. The monoisotopic (exact) mass is 378 g/mol. The lowest BCUT2D eigenvalue weighted by Crippen LogP contribution is -2.24. The number of unbranched alkanes of at least 4 members (excludes halogenated alkanes) is 2. The van der Waals surface area contributed by atoms with Crippen molar-refractivity contribution in [1.82, 2.24) is 10.3 Å². The molecular formula is C19H23FN2O3S. The number of carbonyl (C=O) groups is 2. The van der Waals surface area contributed by atoms with Gasteiger partial charge in [0.15, 0.2) is 0 Å². The van der Waals surface area contributed by atoms with Gasteiger partial charge >= 0.3 is 5.97 Å². The highest BCUT2D eigenvalue weighted by atomic mass is 32.1. The molecule has 0 bridgehead atoms. The van der Waals surface area contributed by atoms with E-state index >= 15 is 0 Å². The van der Waals surface area contributed by atoms with Crippen LogP contribution >= 0.6 is 11.3 Å². The van der Waals surface area contributed by atoms with Crippen molar-refractivity contribution in [2.75, 3.05) is 13.7 Å². The van der Waals surface area contributed by atoms with E-state index in [4.69, 9.17) is 0 Å². The Hall–Kier alpha value is -2.28. The maximum absolute atomic E-state index is 13.0. The topological polar surface area (TPSA) is 68.3 Å². The molecule has 140 valence electrons. The van der Waals surface area contributed by atoms with Gasteiger partial charge in [0.2, 0.25) is 0 Å². The van der Waals surface area contributed by atoms with Crippen LogP contribution in [-0.2, 0) is 16.0 Å². The van der Waals surface area contributed by atoms with Gasteiger partial charge < -0.3 is 10.1 Å². The van der Waals surface area contributed by atoms with Crippen molar-refractivity contribution in [1.29, 1.82) is 0 Å². The number of nitrogens with zero attached hydrogens (tertiary/aromatic N) is 1. The van der Waals surface area contributed by atoms with Crippen molar-refractivity contribution in [3.63, 3.8) is 0 Å². The summed E-state index contributed by atoms with van der Waals surface area (Å²) in [6.07, 6.45) is 3.40. The zero-order valence-corrected chi connectivity index (χ0v) is 15.8. The van der Waals surface area contributed by atoms with Gasteiger partial charge in [0, 0.05) is 19.4 Å². The third-order valence-corrected chi connectivity index (χ3v) is 5.04. The van der Waals surface area contributed by atoms with Crippen LogP contribution < -0.4 is 5.32 Å². The Labute approximate surface area is 156 Å². The lowest BCUT2D eigenvalue weighted by atomic mass is 10.1. The number of halogens is 1. The molecule has 0 spiro atoms. The van der Waals surface area contributed by atoms with E-state index in [1.165, 1.54) is 30.6 Å². The maximum Gasteiger partial charge on any atom is 0.305 e. The molecule has 1 heterocycles. The van der Waals surface area contributed by atoms with Crippen LogP contribution in [0.3, 0.4) is 0 Å². The molecule has 5 nitrogen and oxygen atoms in total. The summed E-state index contributed by atoms with van der Waals surface area (Å²) in [5.41, 5.74) is 1.66. The number of thiazole rings is 1. The predicted octanol–water partition coefficient (Wildman–Crippen LogP) is 3.64. The van der Waals surface area contributed by atoms with Crippen molar-refractivity contribution in [3.8, 4) is 0 Å². The predicted molar refractivity (Wildman–Crippen MR) is 98.9 cm³/mol. The van der Waals surface area contributed by atoms with Crippen LogP contribution in [0.2, 0.25) is 0 Å². The fourth-order valence-corrected chi connectivity index (χ4v) is 3.49. The second-order valence-electron chi connectivity index (χ2n) is 5.97. The smallest absolute Gasteiger partial charge is 0.305 e. The van der Waals surface area contributed by atoms with E-state index < -0.39 is 0 Å². The van der Waals surface area contributed by atoms with Gasteiger partial charge in [-0.1, -0.05) is 18.6 Å². The molecule has 1 aromatic heterocycles. The molecule has 0 aliphatic carbocycles. The number of esters is 1. The Morgan fingerprint density at radius 3 is 2.62 bits per heavy atom. The molecule has 0 saturated carbocycles. The first-order valence-electron chi connectivity index (χ1n) is 8.55. The molecule has 0 saturated heterocycles. The minimum absolute atomic E-state index is 0.127. The van der Waals surface area contributed by atoms with Gasteiger partial charge in [-0.3, -0.25) is 9.59 Å². The number of hydrogen-bond donors (Lipinski definition) is 1. The fourth-order valence-electron chi connectivity index (χ4n) is 2.47. The number of aryl methyl sites for hydroxylation is 1. The average Bonchev–Trinajstić information content (AvgIpc) is 2.99. The van der Waals surface area contributed by atoms with Crippen LogP contribution in [0.25, 0.3) is 0 Å². The summed E-state index contributed by atoms with van der Waals surface area (Å²) in [6, 6.07) is 6.29. The Kier molecular flexibility index (Phi) is 7.72. The maximum atomic E-state index is 13.0. The van der Waals surface area contributed by atoms with Crippen molar-refractivity contribution in [3.05, 3.63) is 51.2 Å². The molecule has 0 atom stereocenters. The second kappa shape index (κ2) is 10.0. The summed E-state index contributed by atoms with van der Waals surface area (Å²) in [4.78, 5) is 28.4. The van der Waals surface area contributed by atoms with Crippen LogP contribution in [0.1, 0.15) is 51.6 Å². The highest BCUT2D eigenvalue weighted by molar-refractivity contribution is 7.13. The van der Waals surface area contributed by atoms with Gasteiger partial charge in [-0.15, -0.1) is 11.3 Å². The van der Waals surface area contributed by atoms with Gasteiger partial charge in [0.1, 0.15) is 10.7 Å². The minimum atomic E-state index is -0.268. The number of amides is 1. The van der Waals surface area contributed by atoms with Crippen LogP contribution in [0.5, 0.6) is 0 Å². The Morgan fingerprint density at radius 1 is 1.19 bits per heavy atom. The van der Waals surface area contributed by atoms with Crippen LogP contribution in [0, 0.1) is 12.7 Å². The second-order valence-corrected chi connectivity index (χ2v) is 7.05. The quantitative estimate of drug-likeness (QED) is 0.534. The number of aromatic nitrogens is 1. The first kappa shape index (κ1) is 20.0. The Bertz CT molecular complexity index is 744. The van der Waals surface area contributed by atoms with Gasteiger partial charge in [-0.05, 0) is 37.5 Å². The number of hydrogen-bond acceptors (Lipinski definition) is 5. The largest absolute Gasteiger partial charge is 0.469 e. The molecule has 2 rings (SSSR count). The molecule has 26 heavy (non-hydrogen) atoms. The Morgan fingerprint density at radius 2 is 1.92 bits per heavy atom. The van der Waals surface area contributed by atoms with Gasteiger partial charge in [-0.25, -0.2) is 9.37 Å². The summed E-state index contributed by atoms with van der Waals surface area (Å²) < 4.78 is 17.5. The minimum Gasteiger partial charge on any atom is -0.469 e. The third-order valence-electron chi connectivity index (χ3n) is 3.89. The van der Waals surface area contributed by atoms with Crippen LogP contribution in [-0.4, -0.2) is 30.5 Å². The van der Waals surface area contributed by atoms with E-state index in [0.29, 0.717) is 30.0 Å². The van der Waals surface area contributed by atoms with Crippen LogP contribution in [0.15, 0.2) is 24.3 Å². The highest BCUT2D eigenvalue weighted by Crippen LogP contribution is 2.21. The molecule has 1 amide bonds. The zero-order valence-electron chi connectivity index (χ0n) is 15.0. The molecule has 2 aromatic rings. The van der Waals surface area contributed by atoms with Crippen molar-refractivity contribution >= 4 is 23.2 Å². The van der Waals surface area contributed by atoms with Crippen molar-refractivity contribution in [2.45, 2.75) is 39.0 Å². The SMILES string of the molecule is COC(=O)CCCCCNC(=O)c1sc(Cc2ccc(F)cc2)nc1C. The molecule has 0 unspecified atom stereocenters. The molecular weight excluding hydrogens is 355 g/mol. The lowest BCUT2D eigenvalue weighted by Gasteiger charge is -2.04. The van der Waals surface area contributed by atoms with E-state index in [0.717, 1.165) is 29.8 Å². The molecule has 0 radical (unpaired) electrons. The van der Waals surface area contributed by atoms with E-state index in [1.807, 2.05) is 6.92 Å². The summed E-state index contributed by atoms with van der Waals surface area (Å²) in [7, 11) is 1.38. The number of nitrogens with one attached hydrogen (secondary N) is 1.